The van der Waals surface area contributed by atoms with Crippen molar-refractivity contribution in [1.29, 1.82) is 0 Å². The number of fused-ring (bicyclic) bond motifs is 1. The minimum Gasteiger partial charge on any atom is -0.394 e. The van der Waals surface area contributed by atoms with E-state index >= 15 is 0 Å². The van der Waals surface area contributed by atoms with Crippen LogP contribution in [0.2, 0.25) is 0 Å². The van der Waals surface area contributed by atoms with Crippen LogP contribution in [0.25, 0.3) is 6.08 Å². The van der Waals surface area contributed by atoms with Gasteiger partial charge in [0, 0.05) is 31.0 Å². The van der Waals surface area contributed by atoms with Gasteiger partial charge >= 0.3 is 0 Å². The van der Waals surface area contributed by atoms with Crippen LogP contribution in [0.3, 0.4) is 0 Å². The van der Waals surface area contributed by atoms with E-state index in [1.165, 1.54) is 0 Å². The molecular formula is C18H24N6O. The largest absolute Gasteiger partial charge is 0.394 e. The minimum atomic E-state index is -0.0238. The third kappa shape index (κ3) is 4.06. The number of rotatable bonds is 7. The average molecular weight is 340 g/mol. The van der Waals surface area contributed by atoms with Crippen molar-refractivity contribution in [1.82, 2.24) is 19.9 Å². The van der Waals surface area contributed by atoms with Crippen molar-refractivity contribution in [3.63, 3.8) is 0 Å². The van der Waals surface area contributed by atoms with Crippen LogP contribution in [-0.4, -0.2) is 44.2 Å². The lowest BCUT2D eigenvalue weighted by Gasteiger charge is -2.27. The quantitative estimate of drug-likeness (QED) is 0.714. The van der Waals surface area contributed by atoms with Crippen LogP contribution in [0, 0.1) is 0 Å². The number of aliphatic hydroxyl groups excluding tert-OH is 1. The van der Waals surface area contributed by atoms with Crippen LogP contribution in [-0.2, 0) is 6.54 Å². The number of nitrogens with one attached hydrogen (secondary N) is 2. The predicted molar refractivity (Wildman–Crippen MR) is 99.5 cm³/mol. The molecule has 0 fully saturated rings. The summed E-state index contributed by atoms with van der Waals surface area (Å²) in [5, 5.41) is 16.1. The van der Waals surface area contributed by atoms with Crippen molar-refractivity contribution >= 4 is 23.5 Å². The zero-order valence-electron chi connectivity index (χ0n) is 14.6. The average Bonchev–Trinajstić information content (AvgIpc) is 2.66. The molecule has 7 heteroatoms. The van der Waals surface area contributed by atoms with Gasteiger partial charge in [-0.1, -0.05) is 6.92 Å². The maximum absolute atomic E-state index is 9.55. The summed E-state index contributed by atoms with van der Waals surface area (Å²) in [5.41, 5.74) is 2.25. The van der Waals surface area contributed by atoms with Crippen LogP contribution >= 0.6 is 0 Å². The normalized spacial score (nSPS) is 14.1. The van der Waals surface area contributed by atoms with E-state index in [0.29, 0.717) is 11.6 Å². The predicted octanol–water partition coefficient (Wildman–Crippen LogP) is 2.60. The molecule has 0 aromatic carbocycles. The Morgan fingerprint density at radius 3 is 2.84 bits per heavy atom. The maximum Gasteiger partial charge on any atom is 0.150 e. The van der Waals surface area contributed by atoms with Gasteiger partial charge in [0.25, 0.3) is 0 Å². The Bertz CT molecular complexity index is 730. The molecule has 3 rings (SSSR count). The molecule has 0 saturated heterocycles. The van der Waals surface area contributed by atoms with Crippen molar-refractivity contribution in [3.05, 3.63) is 42.0 Å². The highest BCUT2D eigenvalue weighted by Gasteiger charge is 2.18. The van der Waals surface area contributed by atoms with E-state index in [0.717, 1.165) is 36.5 Å². The van der Waals surface area contributed by atoms with Gasteiger partial charge in [-0.15, -0.1) is 0 Å². The lowest BCUT2D eigenvalue weighted by atomic mass is 10.0. The second-order valence-electron chi connectivity index (χ2n) is 5.95. The molecule has 0 radical (unpaired) electrons. The topological polar surface area (TPSA) is 86.2 Å². The number of nitrogens with zero attached hydrogens (tertiary/aromatic N) is 4. The standard InChI is InChI=1S/C18H24N6O/c1-3-14(12-25)21-18-15-11-24(4-2)8-5-13(15)9-16(23-18)22-17-10-19-6-7-20-17/h5-10,14,25H,3-4,11-12H2,1-2H3,(H2,20,21,22,23)/t14-/m0/s1. The molecule has 2 aromatic rings. The van der Waals surface area contributed by atoms with Gasteiger partial charge in [0.15, 0.2) is 0 Å². The fourth-order valence-electron chi connectivity index (χ4n) is 2.71. The molecule has 1 aliphatic heterocycles. The highest BCUT2D eigenvalue weighted by molar-refractivity contribution is 5.69. The fourth-order valence-corrected chi connectivity index (χ4v) is 2.71. The van der Waals surface area contributed by atoms with Gasteiger partial charge in [-0.25, -0.2) is 9.97 Å². The fraction of sp³-hybridized carbons (Fsp3) is 0.389. The molecule has 7 nitrogen and oxygen atoms in total. The Morgan fingerprint density at radius 2 is 2.16 bits per heavy atom. The lowest BCUT2D eigenvalue weighted by molar-refractivity contribution is 0.271. The number of hydrogen-bond acceptors (Lipinski definition) is 7. The maximum atomic E-state index is 9.55. The number of anilines is 3. The Labute approximate surface area is 147 Å². The summed E-state index contributed by atoms with van der Waals surface area (Å²) in [6.45, 7) is 5.97. The van der Waals surface area contributed by atoms with Gasteiger partial charge in [-0.3, -0.25) is 4.98 Å². The van der Waals surface area contributed by atoms with Crippen molar-refractivity contribution < 1.29 is 5.11 Å². The van der Waals surface area contributed by atoms with E-state index in [-0.39, 0.29) is 12.6 Å². The molecule has 0 spiro atoms. The molecule has 1 aliphatic rings. The molecule has 0 amide bonds. The van der Waals surface area contributed by atoms with Crippen molar-refractivity contribution in [2.24, 2.45) is 0 Å². The first-order valence-corrected chi connectivity index (χ1v) is 8.60. The monoisotopic (exact) mass is 340 g/mol. The third-order valence-electron chi connectivity index (χ3n) is 4.26. The highest BCUT2D eigenvalue weighted by Crippen LogP contribution is 2.29. The first-order chi connectivity index (χ1) is 12.2. The van der Waals surface area contributed by atoms with E-state index in [4.69, 9.17) is 4.98 Å². The number of aliphatic hydroxyl groups is 1. The van der Waals surface area contributed by atoms with E-state index in [1.54, 1.807) is 18.6 Å². The Kier molecular flexibility index (Phi) is 5.45. The summed E-state index contributed by atoms with van der Waals surface area (Å²) < 4.78 is 0. The second kappa shape index (κ2) is 7.94. The summed E-state index contributed by atoms with van der Waals surface area (Å²) in [5.74, 6) is 2.14. The number of aromatic nitrogens is 3. The summed E-state index contributed by atoms with van der Waals surface area (Å²) in [4.78, 5) is 15.2. The van der Waals surface area contributed by atoms with Gasteiger partial charge < -0.3 is 20.6 Å². The molecule has 0 saturated carbocycles. The Hall–Kier alpha value is -2.67. The van der Waals surface area contributed by atoms with Crippen molar-refractivity contribution in [2.75, 3.05) is 23.8 Å². The molecule has 0 aliphatic carbocycles. The van der Waals surface area contributed by atoms with E-state index in [1.807, 2.05) is 13.0 Å². The Morgan fingerprint density at radius 1 is 1.28 bits per heavy atom. The van der Waals surface area contributed by atoms with Crippen LogP contribution in [0.15, 0.2) is 30.9 Å². The molecule has 132 valence electrons. The van der Waals surface area contributed by atoms with Gasteiger partial charge in [0.2, 0.25) is 0 Å². The summed E-state index contributed by atoms with van der Waals surface area (Å²) in [7, 11) is 0. The van der Waals surface area contributed by atoms with Crippen molar-refractivity contribution in [3.8, 4) is 0 Å². The first-order valence-electron chi connectivity index (χ1n) is 8.60. The smallest absolute Gasteiger partial charge is 0.150 e. The summed E-state index contributed by atoms with van der Waals surface area (Å²) in [6.07, 6.45) is 9.94. The number of hydrogen-bond donors (Lipinski definition) is 3. The van der Waals surface area contributed by atoms with Crippen molar-refractivity contribution in [2.45, 2.75) is 32.9 Å². The highest BCUT2D eigenvalue weighted by atomic mass is 16.3. The van der Waals surface area contributed by atoms with Crippen LogP contribution < -0.4 is 10.6 Å². The zero-order chi connectivity index (χ0) is 17.6. The third-order valence-corrected chi connectivity index (χ3v) is 4.26. The molecule has 1 atom stereocenters. The molecule has 0 bridgehead atoms. The van der Waals surface area contributed by atoms with Gasteiger partial charge in [-0.2, -0.15) is 0 Å². The summed E-state index contributed by atoms with van der Waals surface area (Å²) in [6, 6.07) is 1.99. The van der Waals surface area contributed by atoms with E-state index in [2.05, 4.69) is 44.7 Å². The first kappa shape index (κ1) is 17.2. The van der Waals surface area contributed by atoms with Gasteiger partial charge in [0.05, 0.1) is 18.8 Å². The molecule has 3 heterocycles. The zero-order valence-corrected chi connectivity index (χ0v) is 14.6. The van der Waals surface area contributed by atoms with Crippen LogP contribution in [0.1, 0.15) is 31.4 Å². The van der Waals surface area contributed by atoms with E-state index < -0.39 is 0 Å². The lowest BCUT2D eigenvalue weighted by Crippen LogP contribution is -2.27. The van der Waals surface area contributed by atoms with Gasteiger partial charge in [0.1, 0.15) is 17.5 Å². The molecule has 3 N–H and O–H groups in total. The second-order valence-corrected chi connectivity index (χ2v) is 5.95. The Balaban J connectivity index is 1.95. The van der Waals surface area contributed by atoms with Crippen LogP contribution in [0.5, 0.6) is 0 Å². The van der Waals surface area contributed by atoms with Crippen LogP contribution in [0.4, 0.5) is 17.5 Å². The molecular weight excluding hydrogens is 316 g/mol. The molecule has 0 unspecified atom stereocenters. The minimum absolute atomic E-state index is 0.0238. The van der Waals surface area contributed by atoms with Gasteiger partial charge in [-0.05, 0) is 37.3 Å². The van der Waals surface area contributed by atoms with E-state index in [9.17, 15) is 5.11 Å². The summed E-state index contributed by atoms with van der Waals surface area (Å²) >= 11 is 0. The molecule has 25 heavy (non-hydrogen) atoms. The molecule has 2 aromatic heterocycles. The number of pyridine rings is 1. The SMILES string of the molecule is CC[C@@H](CO)Nc1nc(Nc2cnccn2)cc2c1CN(CC)C=C2.